The van der Waals surface area contributed by atoms with E-state index >= 15 is 0 Å². The molecule has 0 atom stereocenters. The van der Waals surface area contributed by atoms with Crippen molar-refractivity contribution in [1.82, 2.24) is 5.32 Å². The number of hydrogen-bond donors (Lipinski definition) is 2. The normalized spacial score (nSPS) is 21.5. The minimum absolute atomic E-state index is 0. The van der Waals surface area contributed by atoms with Crippen molar-refractivity contribution in [3.63, 3.8) is 0 Å². The van der Waals surface area contributed by atoms with Crippen LogP contribution in [0.4, 0.5) is 0 Å². The molecule has 1 fully saturated rings. The predicted molar refractivity (Wildman–Crippen MR) is 117 cm³/mol. The molecule has 1 saturated carbocycles. The van der Waals surface area contributed by atoms with Gasteiger partial charge in [0, 0.05) is 23.0 Å². The first-order chi connectivity index (χ1) is 13.0. The topological polar surface area (TPSA) is 64.3 Å². The van der Waals surface area contributed by atoms with E-state index in [1.54, 1.807) is 0 Å². The lowest BCUT2D eigenvalue weighted by Gasteiger charge is -2.40. The first-order valence-electron chi connectivity index (χ1n) is 9.46. The predicted octanol–water partition coefficient (Wildman–Crippen LogP) is 4.40. The van der Waals surface area contributed by atoms with E-state index in [4.69, 9.17) is 22.1 Å². The number of carbonyl (C=O) groups excluding carboxylic acids is 1. The molecule has 0 bridgehead atoms. The molecule has 3 rings (SSSR count). The Kier molecular flexibility index (Phi) is 8.17. The summed E-state index contributed by atoms with van der Waals surface area (Å²) in [6, 6.07) is 15.8. The van der Waals surface area contributed by atoms with Gasteiger partial charge in [-0.2, -0.15) is 0 Å². The van der Waals surface area contributed by atoms with Crippen molar-refractivity contribution in [2.75, 3.05) is 13.2 Å². The number of carbonyl (C=O) groups is 1. The minimum Gasteiger partial charge on any atom is -0.484 e. The molecule has 0 aromatic heterocycles. The van der Waals surface area contributed by atoms with Gasteiger partial charge in [-0.15, -0.1) is 12.4 Å². The number of amides is 1. The molecule has 28 heavy (non-hydrogen) atoms. The molecule has 1 amide bonds. The first-order valence-corrected chi connectivity index (χ1v) is 9.83. The molecule has 0 radical (unpaired) electrons. The van der Waals surface area contributed by atoms with Gasteiger partial charge >= 0.3 is 0 Å². The maximum absolute atomic E-state index is 12.2. The van der Waals surface area contributed by atoms with E-state index in [0.29, 0.717) is 12.3 Å². The summed E-state index contributed by atoms with van der Waals surface area (Å²) in [5.74, 6) is 0.631. The van der Waals surface area contributed by atoms with Gasteiger partial charge in [-0.3, -0.25) is 4.79 Å². The number of aryl methyl sites for hydroxylation is 1. The zero-order valence-corrected chi connectivity index (χ0v) is 17.7. The Morgan fingerprint density at radius 3 is 2.50 bits per heavy atom. The quantitative estimate of drug-likeness (QED) is 0.724. The van der Waals surface area contributed by atoms with Crippen molar-refractivity contribution in [1.29, 1.82) is 0 Å². The van der Waals surface area contributed by atoms with Crippen LogP contribution in [0.25, 0.3) is 0 Å². The lowest BCUT2D eigenvalue weighted by Crippen LogP contribution is -2.46. The van der Waals surface area contributed by atoms with Crippen molar-refractivity contribution < 1.29 is 9.53 Å². The number of ether oxygens (including phenoxy) is 1. The summed E-state index contributed by atoms with van der Waals surface area (Å²) in [6.45, 7) is 2.64. The Balaban J connectivity index is 0.00000280. The largest absolute Gasteiger partial charge is 0.484 e. The van der Waals surface area contributed by atoms with E-state index in [2.05, 4.69) is 11.4 Å². The highest BCUT2D eigenvalue weighted by molar-refractivity contribution is 6.30. The second-order valence-electron chi connectivity index (χ2n) is 7.44. The molecule has 2 aromatic rings. The number of rotatable bonds is 6. The molecule has 1 aliphatic carbocycles. The number of benzene rings is 2. The summed E-state index contributed by atoms with van der Waals surface area (Å²) in [5.41, 5.74) is 8.45. The second-order valence-corrected chi connectivity index (χ2v) is 7.87. The Morgan fingerprint density at radius 1 is 1.21 bits per heavy atom. The average Bonchev–Trinajstić information content (AvgIpc) is 2.68. The fraction of sp³-hybridized carbons (Fsp3) is 0.409. The van der Waals surface area contributed by atoms with Crippen LogP contribution in [0, 0.1) is 6.92 Å². The summed E-state index contributed by atoms with van der Waals surface area (Å²) in [7, 11) is 0. The van der Waals surface area contributed by atoms with Crippen molar-refractivity contribution in [2.24, 2.45) is 5.73 Å². The minimum atomic E-state index is -0.0800. The molecule has 0 saturated heterocycles. The van der Waals surface area contributed by atoms with E-state index in [1.165, 1.54) is 5.56 Å². The number of nitrogens with two attached hydrogens (primary N) is 1. The molecule has 4 nitrogen and oxygen atoms in total. The standard InChI is InChI=1S/C22H27ClN2O2.ClH/c1-16-5-7-20(8-6-16)27-14-21(26)25-19-9-11-22(15-24,12-10-19)17-3-2-4-18(23)13-17;/h2-8,13,19H,9-12,14-15,24H2,1H3,(H,25,26);1H/t19-,22-;. The fourth-order valence-corrected chi connectivity index (χ4v) is 3.99. The molecular formula is C22H28Cl2N2O2. The van der Waals surface area contributed by atoms with Gasteiger partial charge in [0.25, 0.3) is 5.91 Å². The van der Waals surface area contributed by atoms with Crippen LogP contribution < -0.4 is 15.8 Å². The highest BCUT2D eigenvalue weighted by Gasteiger charge is 2.36. The number of nitrogens with one attached hydrogen (secondary N) is 1. The molecule has 0 aliphatic heterocycles. The molecule has 152 valence electrons. The van der Waals surface area contributed by atoms with Gasteiger partial charge in [-0.05, 0) is 62.4 Å². The van der Waals surface area contributed by atoms with Crippen LogP contribution in [-0.2, 0) is 10.2 Å². The van der Waals surface area contributed by atoms with Gasteiger partial charge in [0.15, 0.2) is 6.61 Å². The molecule has 2 aromatic carbocycles. The molecule has 0 heterocycles. The maximum Gasteiger partial charge on any atom is 0.258 e. The average molecular weight is 423 g/mol. The van der Waals surface area contributed by atoms with Crippen LogP contribution in [0.15, 0.2) is 48.5 Å². The summed E-state index contributed by atoms with van der Waals surface area (Å²) >= 11 is 6.16. The number of halogens is 2. The van der Waals surface area contributed by atoms with Gasteiger partial charge in [0.1, 0.15) is 5.75 Å². The maximum atomic E-state index is 12.2. The molecule has 0 unspecified atom stereocenters. The molecule has 0 spiro atoms. The molecule has 6 heteroatoms. The Hall–Kier alpha value is -1.75. The van der Waals surface area contributed by atoms with Gasteiger partial charge in [-0.1, -0.05) is 41.4 Å². The van der Waals surface area contributed by atoms with E-state index in [1.807, 2.05) is 49.4 Å². The van der Waals surface area contributed by atoms with Crippen LogP contribution in [0.5, 0.6) is 5.75 Å². The smallest absolute Gasteiger partial charge is 0.258 e. The number of hydrogen-bond acceptors (Lipinski definition) is 3. The molecule has 1 aliphatic rings. The lowest BCUT2D eigenvalue weighted by molar-refractivity contribution is -0.124. The van der Waals surface area contributed by atoms with Gasteiger partial charge < -0.3 is 15.8 Å². The molecule has 3 N–H and O–H groups in total. The Morgan fingerprint density at radius 2 is 1.89 bits per heavy atom. The fourth-order valence-electron chi connectivity index (χ4n) is 3.80. The van der Waals surface area contributed by atoms with E-state index in [9.17, 15) is 4.79 Å². The van der Waals surface area contributed by atoms with Crippen LogP contribution >= 0.6 is 24.0 Å². The molecular weight excluding hydrogens is 395 g/mol. The zero-order chi connectivity index (χ0) is 19.3. The first kappa shape index (κ1) is 22.5. The van der Waals surface area contributed by atoms with Gasteiger partial charge in [0.05, 0.1) is 0 Å². The summed E-state index contributed by atoms with van der Waals surface area (Å²) in [6.07, 6.45) is 3.68. The highest BCUT2D eigenvalue weighted by Crippen LogP contribution is 2.39. The zero-order valence-electron chi connectivity index (χ0n) is 16.1. The van der Waals surface area contributed by atoms with Gasteiger partial charge in [0.2, 0.25) is 0 Å². The summed E-state index contributed by atoms with van der Waals surface area (Å²) in [4.78, 5) is 12.2. The van der Waals surface area contributed by atoms with Crippen LogP contribution in [0.2, 0.25) is 5.02 Å². The van der Waals surface area contributed by atoms with Crippen LogP contribution in [0.3, 0.4) is 0 Å². The van der Waals surface area contributed by atoms with Crippen LogP contribution in [-0.4, -0.2) is 25.1 Å². The van der Waals surface area contributed by atoms with Crippen molar-refractivity contribution in [2.45, 2.75) is 44.1 Å². The monoisotopic (exact) mass is 422 g/mol. The lowest BCUT2D eigenvalue weighted by atomic mass is 9.68. The van der Waals surface area contributed by atoms with Crippen molar-refractivity contribution in [3.8, 4) is 5.75 Å². The van der Waals surface area contributed by atoms with Crippen molar-refractivity contribution in [3.05, 3.63) is 64.7 Å². The SMILES string of the molecule is Cc1ccc(OCC(=O)N[C@H]2CC[C@](CN)(c3cccc(Cl)c3)CC2)cc1.Cl. The Bertz CT molecular complexity index is 772. The van der Waals surface area contributed by atoms with Crippen LogP contribution in [0.1, 0.15) is 36.8 Å². The highest BCUT2D eigenvalue weighted by atomic mass is 35.5. The third kappa shape index (κ3) is 5.63. The van der Waals surface area contributed by atoms with E-state index in [-0.39, 0.29) is 36.4 Å². The van der Waals surface area contributed by atoms with Crippen molar-refractivity contribution >= 4 is 29.9 Å². The second kappa shape index (κ2) is 10.1. The summed E-state index contributed by atoms with van der Waals surface area (Å²) in [5, 5.41) is 3.83. The van der Waals surface area contributed by atoms with Gasteiger partial charge in [-0.25, -0.2) is 0 Å². The van der Waals surface area contributed by atoms with E-state index in [0.717, 1.165) is 36.3 Å². The third-order valence-electron chi connectivity index (χ3n) is 5.53. The third-order valence-corrected chi connectivity index (χ3v) is 5.76. The Labute approximate surface area is 178 Å². The van der Waals surface area contributed by atoms with E-state index < -0.39 is 0 Å². The summed E-state index contributed by atoms with van der Waals surface area (Å²) < 4.78 is 5.56.